The first-order chi connectivity index (χ1) is 7.14. The fourth-order valence-corrected chi connectivity index (χ4v) is 2.73. The van der Waals surface area contributed by atoms with E-state index in [2.05, 4.69) is 11.9 Å². The fourth-order valence-electron chi connectivity index (χ4n) is 2.63. The van der Waals surface area contributed by atoms with Crippen LogP contribution in [0.4, 0.5) is 0 Å². The van der Waals surface area contributed by atoms with E-state index in [1.807, 2.05) is 0 Å². The van der Waals surface area contributed by atoms with Crippen LogP contribution in [-0.4, -0.2) is 31.0 Å². The van der Waals surface area contributed by atoms with Gasteiger partial charge in [-0.25, -0.2) is 0 Å². The molecule has 1 unspecified atom stereocenters. The summed E-state index contributed by atoms with van der Waals surface area (Å²) in [4.78, 5) is 11.9. The highest BCUT2D eigenvalue weighted by Crippen LogP contribution is 2.53. The van der Waals surface area contributed by atoms with E-state index in [0.29, 0.717) is 24.1 Å². The molecule has 1 N–H and O–H groups in total. The Hall–Kier alpha value is -0.540. The topological polar surface area (TPSA) is 38.3 Å². The molecule has 0 amide bonds. The second-order valence-electron chi connectivity index (χ2n) is 4.51. The summed E-state index contributed by atoms with van der Waals surface area (Å²) < 4.78 is 4.89. The number of piperidine rings is 1. The van der Waals surface area contributed by atoms with Gasteiger partial charge in [0.2, 0.25) is 0 Å². The van der Waals surface area contributed by atoms with Crippen LogP contribution in [0.3, 0.4) is 0 Å². The highest BCUT2D eigenvalue weighted by molar-refractivity contribution is 6.19. The van der Waals surface area contributed by atoms with Crippen molar-refractivity contribution < 1.29 is 9.53 Å². The summed E-state index contributed by atoms with van der Waals surface area (Å²) >= 11 is 5.72. The van der Waals surface area contributed by atoms with Gasteiger partial charge in [0.05, 0.1) is 7.11 Å². The maximum atomic E-state index is 11.9. The number of ether oxygens (including phenoxy) is 1. The SMILES string of the molecule is C=C(CCl)CC1(C(=O)OC)NC[C@@H]2C[C@@H]21. The minimum absolute atomic E-state index is 0.168. The molecule has 1 saturated heterocycles. The normalized spacial score (nSPS) is 37.2. The molecule has 1 heterocycles. The van der Waals surface area contributed by atoms with E-state index >= 15 is 0 Å². The second-order valence-corrected chi connectivity index (χ2v) is 4.77. The van der Waals surface area contributed by atoms with Gasteiger partial charge in [0, 0.05) is 5.88 Å². The monoisotopic (exact) mass is 229 g/mol. The summed E-state index contributed by atoms with van der Waals surface area (Å²) in [6.45, 7) is 4.78. The van der Waals surface area contributed by atoms with Crippen LogP contribution in [0, 0.1) is 11.8 Å². The van der Waals surface area contributed by atoms with E-state index in [-0.39, 0.29) is 5.97 Å². The summed E-state index contributed by atoms with van der Waals surface area (Å²) in [5.41, 5.74) is 0.355. The lowest BCUT2D eigenvalue weighted by Gasteiger charge is -2.29. The average Bonchev–Trinajstić information content (AvgIpc) is 2.96. The van der Waals surface area contributed by atoms with E-state index in [1.165, 1.54) is 7.11 Å². The first kappa shape index (κ1) is 11.0. The Labute approximate surface area is 94.8 Å². The summed E-state index contributed by atoms with van der Waals surface area (Å²) in [5.74, 6) is 1.30. The van der Waals surface area contributed by atoms with Crippen LogP contribution in [0.1, 0.15) is 12.8 Å². The lowest BCUT2D eigenvalue weighted by atomic mass is 9.87. The van der Waals surface area contributed by atoms with Gasteiger partial charge >= 0.3 is 5.97 Å². The Kier molecular flexibility index (Phi) is 2.77. The summed E-state index contributed by atoms with van der Waals surface area (Å²) in [7, 11) is 1.44. The lowest BCUT2D eigenvalue weighted by Crippen LogP contribution is -2.52. The van der Waals surface area contributed by atoms with Gasteiger partial charge in [-0.2, -0.15) is 0 Å². The molecule has 0 aromatic rings. The van der Waals surface area contributed by atoms with E-state index in [4.69, 9.17) is 16.3 Å². The zero-order valence-corrected chi connectivity index (χ0v) is 9.64. The number of carbonyl (C=O) groups excluding carboxylic acids is 1. The highest BCUT2D eigenvalue weighted by atomic mass is 35.5. The maximum absolute atomic E-state index is 11.9. The van der Waals surface area contributed by atoms with Gasteiger partial charge in [0.1, 0.15) is 5.54 Å². The standard InChI is InChI=1S/C11H16ClNO2/c1-7(5-12)4-11(10(14)15-2)9-3-8(9)6-13-11/h8-9,13H,1,3-6H2,2H3/t8-,9-,11?/m0/s1. The number of fused-ring (bicyclic) bond motifs is 1. The third-order valence-electron chi connectivity index (χ3n) is 3.50. The third-order valence-corrected chi connectivity index (χ3v) is 3.88. The van der Waals surface area contributed by atoms with Crippen LogP contribution in [0.2, 0.25) is 0 Å². The Bertz CT molecular complexity index is 305. The first-order valence-electron chi connectivity index (χ1n) is 5.20. The molecule has 3 nitrogen and oxygen atoms in total. The van der Waals surface area contributed by atoms with Crippen LogP contribution in [0.25, 0.3) is 0 Å². The predicted octanol–water partition coefficient (Wildman–Crippen LogP) is 1.32. The lowest BCUT2D eigenvalue weighted by molar-refractivity contribution is -0.149. The second kappa shape index (κ2) is 3.80. The number of carbonyl (C=O) groups is 1. The predicted molar refractivity (Wildman–Crippen MR) is 58.8 cm³/mol. The van der Waals surface area contributed by atoms with Crippen LogP contribution in [0.15, 0.2) is 12.2 Å². The Morgan fingerprint density at radius 1 is 1.73 bits per heavy atom. The van der Waals surface area contributed by atoms with Gasteiger partial charge in [-0.15, -0.1) is 11.6 Å². The van der Waals surface area contributed by atoms with Gasteiger partial charge < -0.3 is 10.1 Å². The number of hydrogen-bond donors (Lipinski definition) is 1. The molecular formula is C11H16ClNO2. The van der Waals surface area contributed by atoms with Crippen molar-refractivity contribution in [1.82, 2.24) is 5.32 Å². The van der Waals surface area contributed by atoms with Crippen molar-refractivity contribution in [3.63, 3.8) is 0 Å². The van der Waals surface area contributed by atoms with Crippen LogP contribution in [-0.2, 0) is 9.53 Å². The molecule has 1 aliphatic carbocycles. The van der Waals surface area contributed by atoms with Gasteiger partial charge in [-0.05, 0) is 31.2 Å². The smallest absolute Gasteiger partial charge is 0.326 e. The minimum atomic E-state index is -0.536. The van der Waals surface area contributed by atoms with E-state index in [9.17, 15) is 4.79 Å². The Morgan fingerprint density at radius 3 is 2.87 bits per heavy atom. The number of alkyl halides is 1. The van der Waals surface area contributed by atoms with Gasteiger partial charge in [0.25, 0.3) is 0 Å². The molecule has 3 atom stereocenters. The molecule has 2 aliphatic rings. The average molecular weight is 230 g/mol. The number of hydrogen-bond acceptors (Lipinski definition) is 3. The molecule has 4 heteroatoms. The van der Waals surface area contributed by atoms with Crippen molar-refractivity contribution >= 4 is 17.6 Å². The van der Waals surface area contributed by atoms with Crippen molar-refractivity contribution in [2.24, 2.45) is 11.8 Å². The van der Waals surface area contributed by atoms with Crippen molar-refractivity contribution in [3.05, 3.63) is 12.2 Å². The quantitative estimate of drug-likeness (QED) is 0.449. The van der Waals surface area contributed by atoms with E-state index in [1.54, 1.807) is 0 Å². The Morgan fingerprint density at radius 2 is 2.47 bits per heavy atom. The van der Waals surface area contributed by atoms with Crippen molar-refractivity contribution in [3.8, 4) is 0 Å². The fraction of sp³-hybridized carbons (Fsp3) is 0.727. The minimum Gasteiger partial charge on any atom is -0.468 e. The van der Waals surface area contributed by atoms with Crippen molar-refractivity contribution in [1.29, 1.82) is 0 Å². The molecule has 0 radical (unpaired) electrons. The van der Waals surface area contributed by atoms with Crippen molar-refractivity contribution in [2.75, 3.05) is 19.5 Å². The van der Waals surface area contributed by atoms with Gasteiger partial charge in [0.15, 0.2) is 0 Å². The van der Waals surface area contributed by atoms with Gasteiger partial charge in [-0.3, -0.25) is 4.79 Å². The highest BCUT2D eigenvalue weighted by Gasteiger charge is 2.62. The van der Waals surface area contributed by atoms with Crippen LogP contribution >= 0.6 is 11.6 Å². The molecule has 0 aromatic heterocycles. The molecule has 1 saturated carbocycles. The summed E-state index contributed by atoms with van der Waals surface area (Å²) in [6.07, 6.45) is 1.72. The molecule has 0 aromatic carbocycles. The summed E-state index contributed by atoms with van der Waals surface area (Å²) in [5, 5.41) is 3.29. The summed E-state index contributed by atoms with van der Waals surface area (Å²) in [6, 6.07) is 0. The first-order valence-corrected chi connectivity index (χ1v) is 5.73. The van der Waals surface area contributed by atoms with E-state index < -0.39 is 5.54 Å². The van der Waals surface area contributed by atoms with Crippen LogP contribution in [0.5, 0.6) is 0 Å². The number of halogens is 1. The number of esters is 1. The maximum Gasteiger partial charge on any atom is 0.326 e. The van der Waals surface area contributed by atoms with Crippen molar-refractivity contribution in [2.45, 2.75) is 18.4 Å². The number of methoxy groups -OCH3 is 1. The largest absolute Gasteiger partial charge is 0.468 e. The molecule has 2 fully saturated rings. The zero-order chi connectivity index (χ0) is 11.1. The number of nitrogens with one attached hydrogen (secondary N) is 1. The Balaban J connectivity index is 2.16. The molecule has 1 aliphatic heterocycles. The number of rotatable bonds is 4. The van der Waals surface area contributed by atoms with E-state index in [0.717, 1.165) is 18.5 Å². The van der Waals surface area contributed by atoms with Gasteiger partial charge in [-0.1, -0.05) is 12.2 Å². The third kappa shape index (κ3) is 1.68. The zero-order valence-electron chi connectivity index (χ0n) is 8.88. The molecule has 84 valence electrons. The molecule has 0 bridgehead atoms. The van der Waals surface area contributed by atoms with Crippen LogP contribution < -0.4 is 5.32 Å². The molecule has 15 heavy (non-hydrogen) atoms. The molecular weight excluding hydrogens is 214 g/mol. The molecule has 0 spiro atoms. The molecule has 2 rings (SSSR count).